The molecule has 4 heteroatoms. The van der Waals surface area contributed by atoms with Crippen molar-refractivity contribution in [3.05, 3.63) is 119 Å². The molecule has 242 valence electrons. The maximum Gasteiger partial charge on any atom is 0.120 e. The van der Waals surface area contributed by atoms with E-state index in [1.165, 1.54) is 39.9 Å². The summed E-state index contributed by atoms with van der Waals surface area (Å²) in [5, 5.41) is 0. The summed E-state index contributed by atoms with van der Waals surface area (Å²) in [6.07, 6.45) is 16.5. The highest BCUT2D eigenvalue weighted by molar-refractivity contribution is 5.53. The van der Waals surface area contributed by atoms with E-state index in [0.29, 0.717) is 25.0 Å². The fourth-order valence-electron chi connectivity index (χ4n) is 8.22. The van der Waals surface area contributed by atoms with Gasteiger partial charge < -0.3 is 19.1 Å². The van der Waals surface area contributed by atoms with E-state index in [-0.39, 0.29) is 17.3 Å². The molecule has 3 aromatic carbocycles. The van der Waals surface area contributed by atoms with Crippen molar-refractivity contribution in [2.24, 2.45) is 5.92 Å². The molecule has 0 bridgehead atoms. The van der Waals surface area contributed by atoms with Crippen molar-refractivity contribution < 1.29 is 14.2 Å². The normalized spacial score (nSPS) is 24.1. The van der Waals surface area contributed by atoms with E-state index >= 15 is 0 Å². The van der Waals surface area contributed by atoms with Crippen LogP contribution in [0.1, 0.15) is 93.9 Å². The van der Waals surface area contributed by atoms with Gasteiger partial charge in [0.05, 0.1) is 24.9 Å². The summed E-state index contributed by atoms with van der Waals surface area (Å²) in [6, 6.07) is 26.8. The van der Waals surface area contributed by atoms with E-state index in [4.69, 9.17) is 14.2 Å². The molecule has 3 aromatic rings. The zero-order chi connectivity index (χ0) is 31.6. The Kier molecular flexibility index (Phi) is 9.12. The molecule has 2 fully saturated rings. The van der Waals surface area contributed by atoms with Crippen LogP contribution in [-0.2, 0) is 22.5 Å². The molecule has 2 aliphatic carbocycles. The molecular formula is C42H51NO3. The van der Waals surface area contributed by atoms with Crippen molar-refractivity contribution in [1.29, 1.82) is 0 Å². The van der Waals surface area contributed by atoms with Gasteiger partial charge in [0, 0.05) is 24.7 Å². The molecule has 2 saturated heterocycles. The minimum atomic E-state index is -0.199. The maximum atomic E-state index is 6.68. The quantitative estimate of drug-likeness (QED) is 0.252. The van der Waals surface area contributed by atoms with Crippen LogP contribution >= 0.6 is 0 Å². The molecule has 0 saturated carbocycles. The number of rotatable bonds is 8. The third-order valence-electron chi connectivity index (χ3n) is 10.5. The number of ether oxygens (including phenoxy) is 3. The Labute approximate surface area is 276 Å². The highest BCUT2D eigenvalue weighted by atomic mass is 16.6. The largest absolute Gasteiger partial charge is 0.488 e. The minimum Gasteiger partial charge on any atom is -0.488 e. The third-order valence-corrected chi connectivity index (χ3v) is 10.5. The lowest BCUT2D eigenvalue weighted by Gasteiger charge is -2.40. The molecular weight excluding hydrogens is 566 g/mol. The third kappa shape index (κ3) is 7.14. The van der Waals surface area contributed by atoms with Gasteiger partial charge in [0.2, 0.25) is 0 Å². The Morgan fingerprint density at radius 3 is 2.43 bits per heavy atom. The standard InChI is InChI=1S/C42H51NO3/c1-41(2,3)45-36-19-21-39-34(28-36)16-20-38(32-12-8-5-9-13-32)40(39)33-14-17-35(18-15-33)43-26-24-42(25-27-43)23-22-37(46-42)30-44-29-31-10-6-4-7-11-31/h4,6-8,10-15,17-19,21,28,37-38,40H,5,9,16,20,22-27,29-30H2,1-3H3. The fraction of sp³-hybridized carbons (Fsp3) is 0.476. The number of hydrogen-bond acceptors (Lipinski definition) is 4. The first-order chi connectivity index (χ1) is 22.3. The molecule has 46 heavy (non-hydrogen) atoms. The number of fused-ring (bicyclic) bond motifs is 1. The smallest absolute Gasteiger partial charge is 0.120 e. The molecule has 3 unspecified atom stereocenters. The van der Waals surface area contributed by atoms with Gasteiger partial charge in [0.25, 0.3) is 0 Å². The Hall–Kier alpha value is -3.34. The topological polar surface area (TPSA) is 30.9 Å². The fourth-order valence-corrected chi connectivity index (χ4v) is 8.22. The Morgan fingerprint density at radius 1 is 0.891 bits per heavy atom. The summed E-state index contributed by atoms with van der Waals surface area (Å²) in [5.41, 5.74) is 8.22. The predicted molar refractivity (Wildman–Crippen MR) is 188 cm³/mol. The van der Waals surface area contributed by atoms with Gasteiger partial charge in [-0.25, -0.2) is 0 Å². The average molecular weight is 618 g/mol. The summed E-state index contributed by atoms with van der Waals surface area (Å²) >= 11 is 0. The Balaban J connectivity index is 1.01. The van der Waals surface area contributed by atoms with Crippen molar-refractivity contribution >= 4 is 5.69 Å². The van der Waals surface area contributed by atoms with Gasteiger partial charge >= 0.3 is 0 Å². The summed E-state index contributed by atoms with van der Waals surface area (Å²) < 4.78 is 19.0. The molecule has 0 amide bonds. The summed E-state index contributed by atoms with van der Waals surface area (Å²) in [6.45, 7) is 9.80. The second kappa shape index (κ2) is 13.4. The van der Waals surface area contributed by atoms with Gasteiger partial charge in [-0.05, 0) is 130 Å². The van der Waals surface area contributed by atoms with Crippen molar-refractivity contribution in [3.63, 3.8) is 0 Å². The zero-order valence-electron chi connectivity index (χ0n) is 28.0. The van der Waals surface area contributed by atoms with E-state index in [1.807, 2.05) is 6.07 Å². The highest BCUT2D eigenvalue weighted by Crippen LogP contribution is 2.47. The number of allylic oxidation sites excluding steroid dienone is 4. The minimum absolute atomic E-state index is 0.0209. The number of nitrogens with zero attached hydrogens (tertiary/aromatic N) is 1. The van der Waals surface area contributed by atoms with E-state index < -0.39 is 0 Å². The van der Waals surface area contributed by atoms with Crippen LogP contribution in [0.2, 0.25) is 0 Å². The van der Waals surface area contributed by atoms with E-state index in [2.05, 4.69) is 111 Å². The van der Waals surface area contributed by atoms with E-state index in [0.717, 1.165) is 63.8 Å². The monoisotopic (exact) mass is 617 g/mol. The lowest BCUT2D eigenvalue weighted by molar-refractivity contribution is -0.0843. The number of benzene rings is 3. The molecule has 4 nitrogen and oxygen atoms in total. The van der Waals surface area contributed by atoms with Gasteiger partial charge in [-0.2, -0.15) is 0 Å². The molecule has 0 aromatic heterocycles. The van der Waals surface area contributed by atoms with Gasteiger partial charge in [0.1, 0.15) is 11.4 Å². The Morgan fingerprint density at radius 2 is 1.70 bits per heavy atom. The van der Waals surface area contributed by atoms with Crippen LogP contribution in [0.15, 0.2) is 96.6 Å². The van der Waals surface area contributed by atoms with Crippen LogP contribution in [0.3, 0.4) is 0 Å². The molecule has 2 aliphatic heterocycles. The number of piperidine rings is 1. The number of hydrogen-bond donors (Lipinski definition) is 0. The first-order valence-electron chi connectivity index (χ1n) is 17.7. The molecule has 2 heterocycles. The van der Waals surface area contributed by atoms with Crippen LogP contribution < -0.4 is 9.64 Å². The van der Waals surface area contributed by atoms with Gasteiger partial charge in [-0.1, -0.05) is 66.8 Å². The molecule has 0 N–H and O–H groups in total. The summed E-state index contributed by atoms with van der Waals surface area (Å²) in [5.74, 6) is 1.84. The second-order valence-corrected chi connectivity index (χ2v) is 14.9. The lowest BCUT2D eigenvalue weighted by Crippen LogP contribution is -2.44. The van der Waals surface area contributed by atoms with Crippen molar-refractivity contribution in [3.8, 4) is 5.75 Å². The van der Waals surface area contributed by atoms with E-state index in [1.54, 1.807) is 0 Å². The zero-order valence-corrected chi connectivity index (χ0v) is 28.0. The number of anilines is 1. The first kappa shape index (κ1) is 31.3. The molecule has 7 rings (SSSR count). The highest BCUT2D eigenvalue weighted by Gasteiger charge is 2.42. The van der Waals surface area contributed by atoms with Crippen LogP contribution in [-0.4, -0.2) is 37.0 Å². The molecule has 1 spiro atoms. The van der Waals surface area contributed by atoms with Gasteiger partial charge in [-0.3, -0.25) is 0 Å². The molecule has 3 atom stereocenters. The van der Waals surface area contributed by atoms with Crippen LogP contribution in [0.5, 0.6) is 5.75 Å². The molecule has 4 aliphatic rings. The lowest BCUT2D eigenvalue weighted by atomic mass is 9.68. The molecule has 0 radical (unpaired) electrons. The van der Waals surface area contributed by atoms with Crippen molar-refractivity contribution in [2.45, 2.75) is 102 Å². The van der Waals surface area contributed by atoms with Gasteiger partial charge in [-0.15, -0.1) is 0 Å². The van der Waals surface area contributed by atoms with Crippen LogP contribution in [0.4, 0.5) is 5.69 Å². The average Bonchev–Trinajstić information content (AvgIpc) is 3.46. The van der Waals surface area contributed by atoms with Crippen molar-refractivity contribution in [1.82, 2.24) is 0 Å². The second-order valence-electron chi connectivity index (χ2n) is 14.9. The van der Waals surface area contributed by atoms with Crippen LogP contribution in [0.25, 0.3) is 0 Å². The van der Waals surface area contributed by atoms with E-state index in [9.17, 15) is 0 Å². The number of aryl methyl sites for hydroxylation is 1. The van der Waals surface area contributed by atoms with Crippen molar-refractivity contribution in [2.75, 3.05) is 24.6 Å². The summed E-state index contributed by atoms with van der Waals surface area (Å²) in [4.78, 5) is 2.56. The Bertz CT molecular complexity index is 1530. The van der Waals surface area contributed by atoms with Crippen LogP contribution in [0, 0.1) is 5.92 Å². The predicted octanol–water partition coefficient (Wildman–Crippen LogP) is 9.57. The van der Waals surface area contributed by atoms with Gasteiger partial charge in [0.15, 0.2) is 0 Å². The first-order valence-corrected chi connectivity index (χ1v) is 17.7. The maximum absolute atomic E-state index is 6.68. The SMILES string of the molecule is CC(C)(C)Oc1ccc2c(c1)CCC(C1=CCCC=C1)C2c1ccc(N2CCC3(CCC(COCc4ccccc4)O3)CC2)cc1. The summed E-state index contributed by atoms with van der Waals surface area (Å²) in [7, 11) is 0.